The molecule has 2 heterocycles. The Morgan fingerprint density at radius 1 is 1.15 bits per heavy atom. The van der Waals surface area contributed by atoms with Crippen LogP contribution in [-0.4, -0.2) is 48.9 Å². The van der Waals surface area contributed by atoms with Crippen molar-refractivity contribution in [3.05, 3.63) is 35.1 Å². The summed E-state index contributed by atoms with van der Waals surface area (Å²) in [7, 11) is 0. The normalized spacial score (nSPS) is 22.3. The highest BCUT2D eigenvalue weighted by Crippen LogP contribution is 2.21. The lowest BCUT2D eigenvalue weighted by Gasteiger charge is -2.33. The SMILES string of the molecule is Cl.O=C(NCC1CCCN(C(=O)c2ccc(F)c(F)c2F)C1)C1CCCN1. The lowest BCUT2D eigenvalue weighted by atomic mass is 9.97. The first kappa shape index (κ1) is 21.5. The predicted molar refractivity (Wildman–Crippen MR) is 96.2 cm³/mol. The molecule has 2 aliphatic rings. The van der Waals surface area contributed by atoms with Crippen molar-refractivity contribution in [1.29, 1.82) is 0 Å². The number of rotatable bonds is 4. The number of nitrogens with one attached hydrogen (secondary N) is 2. The van der Waals surface area contributed by atoms with Crippen LogP contribution in [0.2, 0.25) is 0 Å². The Morgan fingerprint density at radius 3 is 2.63 bits per heavy atom. The van der Waals surface area contributed by atoms with Crippen LogP contribution in [0.3, 0.4) is 0 Å². The molecule has 3 rings (SSSR count). The number of amides is 2. The van der Waals surface area contributed by atoms with Gasteiger partial charge in [-0.25, -0.2) is 13.2 Å². The molecule has 0 bridgehead atoms. The van der Waals surface area contributed by atoms with Gasteiger partial charge in [0.2, 0.25) is 5.91 Å². The summed E-state index contributed by atoms with van der Waals surface area (Å²) in [6.45, 7) is 2.03. The third kappa shape index (κ3) is 4.93. The van der Waals surface area contributed by atoms with Crippen molar-refractivity contribution in [3.8, 4) is 0 Å². The Bertz CT molecular complexity index is 699. The molecule has 1 aromatic carbocycles. The molecule has 0 spiro atoms. The fraction of sp³-hybridized carbons (Fsp3) is 0.556. The van der Waals surface area contributed by atoms with Gasteiger partial charge in [0, 0.05) is 19.6 Å². The van der Waals surface area contributed by atoms with Crippen molar-refractivity contribution < 1.29 is 22.8 Å². The van der Waals surface area contributed by atoms with Crippen LogP contribution in [-0.2, 0) is 4.79 Å². The standard InChI is InChI=1S/C18H22F3N3O2.ClH/c19-13-6-5-12(15(20)16(13)21)18(26)24-8-2-3-11(10-24)9-23-17(25)14-4-1-7-22-14;/h5-6,11,14,22H,1-4,7-10H2,(H,23,25);1H. The minimum Gasteiger partial charge on any atom is -0.354 e. The highest BCUT2D eigenvalue weighted by atomic mass is 35.5. The summed E-state index contributed by atoms with van der Waals surface area (Å²) in [5.41, 5.74) is -0.469. The lowest BCUT2D eigenvalue weighted by molar-refractivity contribution is -0.123. The molecule has 0 saturated carbocycles. The summed E-state index contributed by atoms with van der Waals surface area (Å²) in [6, 6.07) is 1.56. The number of benzene rings is 1. The summed E-state index contributed by atoms with van der Waals surface area (Å²) in [6.07, 6.45) is 3.34. The molecule has 1 aromatic rings. The fourth-order valence-electron chi connectivity index (χ4n) is 3.55. The van der Waals surface area contributed by atoms with Crippen LogP contribution in [0.4, 0.5) is 13.2 Å². The first-order chi connectivity index (χ1) is 12.5. The monoisotopic (exact) mass is 405 g/mol. The molecule has 0 aliphatic carbocycles. The maximum atomic E-state index is 13.9. The molecule has 5 nitrogen and oxygen atoms in total. The number of carbonyl (C=O) groups excluding carboxylic acids is 2. The molecule has 2 fully saturated rings. The Kier molecular flexibility index (Phi) is 7.49. The van der Waals surface area contributed by atoms with Gasteiger partial charge < -0.3 is 15.5 Å². The van der Waals surface area contributed by atoms with Crippen molar-refractivity contribution in [3.63, 3.8) is 0 Å². The van der Waals surface area contributed by atoms with Crippen molar-refractivity contribution in [2.45, 2.75) is 31.7 Å². The van der Waals surface area contributed by atoms with Crippen LogP contribution in [0.1, 0.15) is 36.0 Å². The summed E-state index contributed by atoms with van der Waals surface area (Å²) in [4.78, 5) is 26.0. The molecule has 2 atom stereocenters. The van der Waals surface area contributed by atoms with E-state index < -0.39 is 28.9 Å². The molecular formula is C18H23ClF3N3O2. The zero-order valence-corrected chi connectivity index (χ0v) is 15.6. The van der Waals surface area contributed by atoms with Gasteiger partial charge in [0.25, 0.3) is 5.91 Å². The first-order valence-corrected chi connectivity index (χ1v) is 8.91. The predicted octanol–water partition coefficient (Wildman–Crippen LogP) is 2.25. The van der Waals surface area contributed by atoms with E-state index in [0.29, 0.717) is 26.1 Å². The lowest BCUT2D eigenvalue weighted by Crippen LogP contribution is -2.46. The van der Waals surface area contributed by atoms with Crippen molar-refractivity contribution >= 4 is 24.2 Å². The van der Waals surface area contributed by atoms with Gasteiger partial charge in [-0.2, -0.15) is 0 Å². The summed E-state index contributed by atoms with van der Waals surface area (Å²) in [5, 5.41) is 6.02. The van der Waals surface area contributed by atoms with Crippen LogP contribution < -0.4 is 10.6 Å². The average molecular weight is 406 g/mol. The van der Waals surface area contributed by atoms with Gasteiger partial charge in [-0.05, 0) is 50.3 Å². The first-order valence-electron chi connectivity index (χ1n) is 8.91. The maximum absolute atomic E-state index is 13.9. The van der Waals surface area contributed by atoms with Crippen molar-refractivity contribution in [2.75, 3.05) is 26.2 Å². The molecule has 0 radical (unpaired) electrons. The topological polar surface area (TPSA) is 61.4 Å². The Morgan fingerprint density at radius 2 is 1.93 bits per heavy atom. The highest BCUT2D eigenvalue weighted by molar-refractivity contribution is 5.94. The fourth-order valence-corrected chi connectivity index (χ4v) is 3.55. The number of hydrogen-bond acceptors (Lipinski definition) is 3. The smallest absolute Gasteiger partial charge is 0.256 e. The Labute approximate surface area is 162 Å². The number of carbonyl (C=O) groups is 2. The largest absolute Gasteiger partial charge is 0.354 e. The molecule has 27 heavy (non-hydrogen) atoms. The molecule has 150 valence electrons. The van der Waals surface area contributed by atoms with Crippen LogP contribution in [0.5, 0.6) is 0 Å². The van der Waals surface area contributed by atoms with Gasteiger partial charge in [0.15, 0.2) is 17.5 Å². The number of nitrogens with zero attached hydrogens (tertiary/aromatic N) is 1. The van der Waals surface area contributed by atoms with E-state index in [2.05, 4.69) is 10.6 Å². The molecule has 2 unspecified atom stereocenters. The van der Waals surface area contributed by atoms with E-state index in [9.17, 15) is 22.8 Å². The molecule has 2 N–H and O–H groups in total. The van der Waals surface area contributed by atoms with E-state index >= 15 is 0 Å². The number of likely N-dealkylation sites (tertiary alicyclic amines) is 1. The van der Waals surface area contributed by atoms with Crippen LogP contribution in [0.25, 0.3) is 0 Å². The van der Waals surface area contributed by atoms with Crippen LogP contribution in [0, 0.1) is 23.4 Å². The summed E-state index contributed by atoms with van der Waals surface area (Å²) in [5.74, 6) is -5.07. The third-order valence-corrected chi connectivity index (χ3v) is 5.01. The second-order valence-corrected chi connectivity index (χ2v) is 6.88. The van der Waals surface area contributed by atoms with Crippen LogP contribution in [0.15, 0.2) is 12.1 Å². The molecule has 2 saturated heterocycles. The van der Waals surface area contributed by atoms with Gasteiger partial charge in [0.05, 0.1) is 11.6 Å². The van der Waals surface area contributed by atoms with E-state index in [-0.39, 0.29) is 30.3 Å². The summed E-state index contributed by atoms with van der Waals surface area (Å²) >= 11 is 0. The minimum atomic E-state index is -1.64. The summed E-state index contributed by atoms with van der Waals surface area (Å²) < 4.78 is 40.3. The molecule has 0 aromatic heterocycles. The van der Waals surface area contributed by atoms with Gasteiger partial charge in [-0.3, -0.25) is 9.59 Å². The number of piperidine rings is 1. The van der Waals surface area contributed by atoms with E-state index in [1.807, 2.05) is 0 Å². The molecule has 2 aliphatic heterocycles. The molecular weight excluding hydrogens is 383 g/mol. The van der Waals surface area contributed by atoms with Gasteiger partial charge in [0.1, 0.15) is 0 Å². The zero-order chi connectivity index (χ0) is 18.7. The zero-order valence-electron chi connectivity index (χ0n) is 14.8. The second kappa shape index (κ2) is 9.41. The second-order valence-electron chi connectivity index (χ2n) is 6.88. The Hall–Kier alpha value is -1.80. The number of hydrogen-bond donors (Lipinski definition) is 2. The number of halogens is 4. The molecule has 9 heteroatoms. The highest BCUT2D eigenvalue weighted by Gasteiger charge is 2.29. The van der Waals surface area contributed by atoms with Crippen molar-refractivity contribution in [2.24, 2.45) is 5.92 Å². The minimum absolute atomic E-state index is 0. The van der Waals surface area contributed by atoms with E-state index in [0.717, 1.165) is 37.9 Å². The van der Waals surface area contributed by atoms with Gasteiger partial charge >= 0.3 is 0 Å². The van der Waals surface area contributed by atoms with E-state index in [4.69, 9.17) is 0 Å². The Balaban J connectivity index is 0.00000261. The quantitative estimate of drug-likeness (QED) is 0.755. The van der Waals surface area contributed by atoms with E-state index in [1.54, 1.807) is 0 Å². The van der Waals surface area contributed by atoms with Gasteiger partial charge in [-0.1, -0.05) is 0 Å². The van der Waals surface area contributed by atoms with E-state index in [1.165, 1.54) is 4.90 Å². The third-order valence-electron chi connectivity index (χ3n) is 5.01. The van der Waals surface area contributed by atoms with Crippen LogP contribution >= 0.6 is 12.4 Å². The average Bonchev–Trinajstić information content (AvgIpc) is 3.19. The van der Waals surface area contributed by atoms with Crippen molar-refractivity contribution in [1.82, 2.24) is 15.5 Å². The maximum Gasteiger partial charge on any atom is 0.256 e. The van der Waals surface area contributed by atoms with Gasteiger partial charge in [-0.15, -0.1) is 12.4 Å². The molecule has 2 amide bonds.